The summed E-state index contributed by atoms with van der Waals surface area (Å²) in [7, 11) is 1.53. The van der Waals surface area contributed by atoms with E-state index in [0.29, 0.717) is 17.4 Å². The highest BCUT2D eigenvalue weighted by atomic mass is 31.2. The number of aliphatic hydroxyl groups excluding tert-OH is 1. The van der Waals surface area contributed by atoms with E-state index in [1.54, 1.807) is 6.08 Å². The predicted octanol–water partition coefficient (Wildman–Crippen LogP) is 17.0. The number of carbonyl (C=O) groups is 1. The number of nitrogens with zero attached hydrogens (tertiary/aromatic N) is 1. The van der Waals surface area contributed by atoms with Gasteiger partial charge in [0.2, 0.25) is 5.91 Å². The zero-order chi connectivity index (χ0) is 51.3. The Kier molecular flexibility index (Phi) is 48.6. The number of hydrogen-bond donors (Lipinski definition) is 3. The van der Waals surface area contributed by atoms with Gasteiger partial charge in [-0.05, 0) is 96.3 Å². The maximum absolute atomic E-state index is 12.9. The second kappa shape index (κ2) is 50.8. The van der Waals surface area contributed by atoms with Crippen molar-refractivity contribution in [2.75, 3.05) is 40.9 Å². The number of amides is 1. The number of aliphatic hydroxyl groups is 1. The fourth-order valence-electron chi connectivity index (χ4n) is 7.31. The van der Waals surface area contributed by atoms with Crippen molar-refractivity contribution in [3.8, 4) is 0 Å². The Morgan fingerprint density at radius 2 is 0.871 bits per heavy atom. The van der Waals surface area contributed by atoms with Gasteiger partial charge < -0.3 is 19.8 Å². The van der Waals surface area contributed by atoms with Crippen LogP contribution in [0.5, 0.6) is 0 Å². The number of hydrogen-bond acceptors (Lipinski definition) is 5. The summed E-state index contributed by atoms with van der Waals surface area (Å²) in [4.78, 5) is 23.2. The number of carbonyl (C=O) groups excluding carboxylic acids is 1. The van der Waals surface area contributed by atoms with E-state index in [2.05, 4.69) is 129 Å². The first-order valence-electron chi connectivity index (χ1n) is 27.9. The third-order valence-corrected chi connectivity index (χ3v) is 12.6. The fourth-order valence-corrected chi connectivity index (χ4v) is 8.04. The quantitative estimate of drug-likeness (QED) is 0.0243. The first-order valence-corrected chi connectivity index (χ1v) is 29.4. The van der Waals surface area contributed by atoms with Crippen molar-refractivity contribution in [3.05, 3.63) is 122 Å². The van der Waals surface area contributed by atoms with Crippen molar-refractivity contribution >= 4 is 13.7 Å². The van der Waals surface area contributed by atoms with Crippen molar-refractivity contribution in [2.45, 2.75) is 219 Å². The number of phosphoric ester groups is 1. The molecular formula is C61H106N2O6P+. The van der Waals surface area contributed by atoms with Gasteiger partial charge >= 0.3 is 7.82 Å². The summed E-state index contributed by atoms with van der Waals surface area (Å²) in [6.45, 7) is 4.64. The van der Waals surface area contributed by atoms with Gasteiger partial charge in [-0.2, -0.15) is 0 Å². The van der Waals surface area contributed by atoms with Crippen LogP contribution in [0, 0.1) is 0 Å². The Labute approximate surface area is 431 Å². The standard InChI is InChI=1S/C61H105N2O6P/c1-6-8-10-12-14-16-18-20-21-22-23-24-25-26-27-28-29-30-31-32-33-34-35-36-37-38-39-40-41-43-45-47-49-51-53-55-61(65)62-59(58-69-70(66,67)68-57-56-63(3,4)5)60(64)54-52-50-48-46-44-42-19-17-15-13-11-9-7-2/h8,10,14,16,20-21,23-24,26-27,29-30,32-33,35-36,44,46,52,54,59-60,64H,6-7,9,11-13,15,17-19,22,25,28,31,34,37-43,45,47-51,53,55-58H2,1-5H3,(H-,62,65,66,67)/p+1/b10-8-,16-14-,21-20-,24-23-,27-26-,30-29-,33-32-,36-35-,46-44+,54-52+. The molecule has 0 aliphatic carbocycles. The number of phosphoric acid groups is 1. The topological polar surface area (TPSA) is 105 Å². The van der Waals surface area contributed by atoms with Gasteiger partial charge in [0.25, 0.3) is 0 Å². The largest absolute Gasteiger partial charge is 0.472 e. The van der Waals surface area contributed by atoms with Crippen LogP contribution in [0.3, 0.4) is 0 Å². The SMILES string of the molecule is CC/C=C\C/C=C\C/C=C\C/C=C\C/C=C\C/C=C\C/C=C\C/C=C\CCCCCCCCCCCCC(=O)NC(COP(=O)(O)OCC[N+](C)(C)C)C(O)/C=C/CC/C=C/CCCCCCCCC. The zero-order valence-electron chi connectivity index (χ0n) is 45.5. The van der Waals surface area contributed by atoms with Gasteiger partial charge in [0.05, 0.1) is 39.9 Å². The molecule has 0 aliphatic rings. The molecule has 9 heteroatoms. The lowest BCUT2D eigenvalue weighted by Crippen LogP contribution is -2.45. The van der Waals surface area contributed by atoms with Crippen LogP contribution >= 0.6 is 7.82 Å². The number of allylic oxidation sites excluding steroid dienone is 19. The van der Waals surface area contributed by atoms with Crippen molar-refractivity contribution in [2.24, 2.45) is 0 Å². The molecule has 0 rings (SSSR count). The highest BCUT2D eigenvalue weighted by Crippen LogP contribution is 2.43. The van der Waals surface area contributed by atoms with E-state index in [1.807, 2.05) is 27.2 Å². The summed E-state index contributed by atoms with van der Waals surface area (Å²) >= 11 is 0. The fraction of sp³-hybridized carbons (Fsp3) is 0.656. The lowest BCUT2D eigenvalue weighted by molar-refractivity contribution is -0.870. The molecule has 0 saturated carbocycles. The van der Waals surface area contributed by atoms with E-state index in [9.17, 15) is 19.4 Å². The molecule has 1 amide bonds. The first-order chi connectivity index (χ1) is 34.0. The molecule has 400 valence electrons. The third kappa shape index (κ3) is 52.7. The summed E-state index contributed by atoms with van der Waals surface area (Å²) in [5.41, 5.74) is 0. The molecule has 70 heavy (non-hydrogen) atoms. The molecule has 0 bridgehead atoms. The average Bonchev–Trinajstić information content (AvgIpc) is 3.32. The number of likely N-dealkylation sites (N-methyl/N-ethyl adjacent to an activating group) is 1. The maximum Gasteiger partial charge on any atom is 0.472 e. The van der Waals surface area contributed by atoms with Gasteiger partial charge in [0.15, 0.2) is 0 Å². The van der Waals surface area contributed by atoms with Crippen LogP contribution in [-0.2, 0) is 18.4 Å². The molecule has 3 unspecified atom stereocenters. The Morgan fingerprint density at radius 3 is 1.31 bits per heavy atom. The van der Waals surface area contributed by atoms with Crippen LogP contribution in [0.4, 0.5) is 0 Å². The molecule has 0 spiro atoms. The predicted molar refractivity (Wildman–Crippen MR) is 304 cm³/mol. The zero-order valence-corrected chi connectivity index (χ0v) is 46.4. The molecular weight excluding hydrogens is 888 g/mol. The van der Waals surface area contributed by atoms with E-state index < -0.39 is 20.0 Å². The first kappa shape index (κ1) is 66.9. The van der Waals surface area contributed by atoms with Crippen molar-refractivity contribution in [1.82, 2.24) is 5.32 Å². The summed E-state index contributed by atoms with van der Waals surface area (Å²) in [6, 6.07) is -0.873. The van der Waals surface area contributed by atoms with E-state index in [0.717, 1.165) is 96.3 Å². The van der Waals surface area contributed by atoms with Crippen LogP contribution < -0.4 is 5.32 Å². The number of unbranched alkanes of at least 4 members (excludes halogenated alkanes) is 18. The summed E-state index contributed by atoms with van der Waals surface area (Å²) in [6.07, 6.45) is 75.8. The monoisotopic (exact) mass is 994 g/mol. The van der Waals surface area contributed by atoms with Crippen LogP contribution in [0.2, 0.25) is 0 Å². The van der Waals surface area contributed by atoms with Gasteiger partial charge in [-0.15, -0.1) is 0 Å². The summed E-state index contributed by atoms with van der Waals surface area (Å²) < 4.78 is 23.6. The summed E-state index contributed by atoms with van der Waals surface area (Å²) in [5, 5.41) is 13.8. The Bertz CT molecular complexity index is 1550. The average molecular weight is 995 g/mol. The molecule has 0 saturated heterocycles. The molecule has 0 aromatic heterocycles. The Balaban J connectivity index is 4.17. The van der Waals surface area contributed by atoms with Gasteiger partial charge in [0.1, 0.15) is 13.2 Å². The second-order valence-electron chi connectivity index (χ2n) is 19.6. The Hall–Kier alpha value is -3.10. The van der Waals surface area contributed by atoms with Gasteiger partial charge in [-0.3, -0.25) is 13.8 Å². The van der Waals surface area contributed by atoms with E-state index in [-0.39, 0.29) is 19.1 Å². The van der Waals surface area contributed by atoms with E-state index in [4.69, 9.17) is 9.05 Å². The lowest BCUT2D eigenvalue weighted by atomic mass is 10.0. The van der Waals surface area contributed by atoms with Gasteiger partial charge in [-0.1, -0.05) is 225 Å². The van der Waals surface area contributed by atoms with Gasteiger partial charge in [-0.25, -0.2) is 4.57 Å². The molecule has 8 nitrogen and oxygen atoms in total. The van der Waals surface area contributed by atoms with Crippen LogP contribution in [0.25, 0.3) is 0 Å². The van der Waals surface area contributed by atoms with Crippen molar-refractivity contribution in [1.29, 1.82) is 0 Å². The molecule has 3 N–H and O–H groups in total. The molecule has 0 aromatic carbocycles. The molecule has 3 atom stereocenters. The van der Waals surface area contributed by atoms with Gasteiger partial charge in [0, 0.05) is 6.42 Å². The number of quaternary nitrogens is 1. The molecule has 0 fully saturated rings. The smallest absolute Gasteiger partial charge is 0.387 e. The highest BCUT2D eigenvalue weighted by molar-refractivity contribution is 7.47. The minimum atomic E-state index is -4.36. The minimum Gasteiger partial charge on any atom is -0.387 e. The maximum atomic E-state index is 12.9. The van der Waals surface area contributed by atoms with Crippen molar-refractivity contribution < 1.29 is 32.9 Å². The molecule has 0 radical (unpaired) electrons. The number of rotatable bonds is 49. The Morgan fingerprint density at radius 1 is 0.500 bits per heavy atom. The molecule has 0 heterocycles. The summed E-state index contributed by atoms with van der Waals surface area (Å²) in [5.74, 6) is -0.198. The minimum absolute atomic E-state index is 0.0494. The van der Waals surface area contributed by atoms with Crippen LogP contribution in [0.1, 0.15) is 206 Å². The highest BCUT2D eigenvalue weighted by Gasteiger charge is 2.27. The lowest BCUT2D eigenvalue weighted by Gasteiger charge is -2.25. The third-order valence-electron chi connectivity index (χ3n) is 11.7. The van der Waals surface area contributed by atoms with E-state index in [1.165, 1.54) is 89.9 Å². The van der Waals surface area contributed by atoms with Crippen LogP contribution in [0.15, 0.2) is 122 Å². The molecule has 0 aliphatic heterocycles. The normalized spacial score (nSPS) is 14.9. The van der Waals surface area contributed by atoms with Crippen LogP contribution in [-0.4, -0.2) is 73.4 Å². The van der Waals surface area contributed by atoms with E-state index >= 15 is 0 Å². The number of nitrogens with one attached hydrogen (secondary N) is 1. The van der Waals surface area contributed by atoms with Crippen molar-refractivity contribution in [3.63, 3.8) is 0 Å². The molecule has 0 aromatic rings. The second-order valence-corrected chi connectivity index (χ2v) is 21.0.